The van der Waals surface area contributed by atoms with Gasteiger partial charge in [-0.15, -0.1) is 0 Å². The number of halogens is 2. The van der Waals surface area contributed by atoms with Crippen molar-refractivity contribution in [1.29, 1.82) is 0 Å². The average Bonchev–Trinajstić information content (AvgIpc) is 2.57. The lowest BCUT2D eigenvalue weighted by atomic mass is 10.1. The van der Waals surface area contributed by atoms with E-state index in [1.165, 1.54) is 6.20 Å². The fourth-order valence-corrected chi connectivity index (χ4v) is 2.25. The van der Waals surface area contributed by atoms with E-state index in [2.05, 4.69) is 20.3 Å². The molecular weight excluding hydrogens is 335 g/mol. The third-order valence-electron chi connectivity index (χ3n) is 3.01. The van der Waals surface area contributed by atoms with Crippen LogP contribution >= 0.6 is 23.2 Å². The van der Waals surface area contributed by atoms with Gasteiger partial charge in [-0.25, -0.2) is 4.98 Å². The predicted octanol–water partition coefficient (Wildman–Crippen LogP) is 4.10. The summed E-state index contributed by atoms with van der Waals surface area (Å²) in [6.45, 7) is 0. The van der Waals surface area contributed by atoms with Crippen molar-refractivity contribution in [3.8, 4) is 11.3 Å². The molecule has 1 N–H and O–H groups in total. The Morgan fingerprint density at radius 1 is 0.957 bits per heavy atom. The van der Waals surface area contributed by atoms with Gasteiger partial charge in [0.25, 0.3) is 5.91 Å². The van der Waals surface area contributed by atoms with E-state index in [-0.39, 0.29) is 11.6 Å². The van der Waals surface area contributed by atoms with Crippen LogP contribution in [0, 0.1) is 0 Å². The summed E-state index contributed by atoms with van der Waals surface area (Å²) in [6, 6.07) is 10.1. The zero-order valence-corrected chi connectivity index (χ0v) is 13.2. The summed E-state index contributed by atoms with van der Waals surface area (Å²) in [4.78, 5) is 24.4. The van der Waals surface area contributed by atoms with Crippen molar-refractivity contribution in [2.24, 2.45) is 0 Å². The summed E-state index contributed by atoms with van der Waals surface area (Å²) in [5, 5.41) is 3.58. The molecule has 0 aliphatic rings. The zero-order chi connectivity index (χ0) is 16.2. The molecule has 23 heavy (non-hydrogen) atoms. The van der Waals surface area contributed by atoms with Gasteiger partial charge in [-0.1, -0.05) is 23.2 Å². The Morgan fingerprint density at radius 3 is 2.48 bits per heavy atom. The molecule has 0 aromatic carbocycles. The lowest BCUT2D eigenvalue weighted by Gasteiger charge is -2.06. The number of carbonyl (C=O) groups is 1. The molecule has 0 spiro atoms. The SMILES string of the molecule is O=C(Nc1ccc(Cl)nc1)c1ccc(-c2ncccc2Cl)cn1. The molecule has 0 bridgehead atoms. The van der Waals surface area contributed by atoms with Gasteiger partial charge >= 0.3 is 0 Å². The third kappa shape index (κ3) is 3.64. The van der Waals surface area contributed by atoms with Crippen molar-refractivity contribution in [1.82, 2.24) is 15.0 Å². The number of aromatic nitrogens is 3. The van der Waals surface area contributed by atoms with Crippen molar-refractivity contribution in [3.63, 3.8) is 0 Å². The quantitative estimate of drug-likeness (QED) is 0.726. The molecule has 0 atom stereocenters. The number of anilines is 1. The van der Waals surface area contributed by atoms with Gasteiger partial charge in [0.15, 0.2) is 0 Å². The first kappa shape index (κ1) is 15.4. The number of carbonyl (C=O) groups excluding carboxylic acids is 1. The standard InChI is InChI=1S/C16H10Cl2N4O/c17-12-2-1-7-19-15(12)10-3-5-13(20-8-10)16(23)22-11-4-6-14(18)21-9-11/h1-9H,(H,22,23). The second-order valence-corrected chi connectivity index (χ2v) is 5.38. The van der Waals surface area contributed by atoms with Crippen molar-refractivity contribution in [2.45, 2.75) is 0 Å². The molecule has 0 aliphatic heterocycles. The first-order chi connectivity index (χ1) is 11.1. The van der Waals surface area contributed by atoms with Gasteiger partial charge < -0.3 is 5.32 Å². The number of hydrogen-bond donors (Lipinski definition) is 1. The van der Waals surface area contributed by atoms with E-state index >= 15 is 0 Å². The second kappa shape index (κ2) is 6.73. The molecular formula is C16H10Cl2N4O. The normalized spacial score (nSPS) is 10.3. The lowest BCUT2D eigenvalue weighted by molar-refractivity contribution is 0.102. The third-order valence-corrected chi connectivity index (χ3v) is 3.54. The Hall–Kier alpha value is -2.50. The number of nitrogens with one attached hydrogen (secondary N) is 1. The maximum Gasteiger partial charge on any atom is 0.274 e. The molecule has 0 fully saturated rings. The summed E-state index contributed by atoms with van der Waals surface area (Å²) in [5.74, 6) is -0.340. The summed E-state index contributed by atoms with van der Waals surface area (Å²) in [5.41, 5.74) is 2.17. The molecule has 3 aromatic rings. The van der Waals surface area contributed by atoms with Crippen LogP contribution in [0.15, 0.2) is 55.0 Å². The molecule has 0 radical (unpaired) electrons. The highest BCUT2D eigenvalue weighted by molar-refractivity contribution is 6.33. The van der Waals surface area contributed by atoms with E-state index in [1.807, 2.05) is 0 Å². The van der Waals surface area contributed by atoms with Crippen LogP contribution in [0.25, 0.3) is 11.3 Å². The maximum absolute atomic E-state index is 12.1. The minimum atomic E-state index is -0.340. The number of rotatable bonds is 3. The Morgan fingerprint density at radius 2 is 1.83 bits per heavy atom. The molecule has 1 amide bonds. The first-order valence-electron chi connectivity index (χ1n) is 6.63. The van der Waals surface area contributed by atoms with Gasteiger partial charge in [0.1, 0.15) is 10.8 Å². The predicted molar refractivity (Wildman–Crippen MR) is 89.7 cm³/mol. The highest BCUT2D eigenvalue weighted by Crippen LogP contribution is 2.24. The van der Waals surface area contributed by atoms with Crippen LogP contribution in [0.5, 0.6) is 0 Å². The Labute approximate surface area is 142 Å². The number of hydrogen-bond acceptors (Lipinski definition) is 4. The Balaban J connectivity index is 1.78. The fraction of sp³-hybridized carbons (Fsp3) is 0. The highest BCUT2D eigenvalue weighted by atomic mass is 35.5. The van der Waals surface area contributed by atoms with Crippen LogP contribution in [0.4, 0.5) is 5.69 Å². The van der Waals surface area contributed by atoms with Crippen molar-refractivity contribution < 1.29 is 4.79 Å². The minimum Gasteiger partial charge on any atom is -0.319 e. The average molecular weight is 345 g/mol. The molecule has 0 aliphatic carbocycles. The molecule has 0 saturated carbocycles. The molecule has 3 heterocycles. The minimum absolute atomic E-state index is 0.274. The summed E-state index contributed by atoms with van der Waals surface area (Å²) in [7, 11) is 0. The van der Waals surface area contributed by atoms with E-state index in [0.29, 0.717) is 21.6 Å². The largest absolute Gasteiger partial charge is 0.319 e. The van der Waals surface area contributed by atoms with Gasteiger partial charge in [0.05, 0.1) is 22.6 Å². The number of nitrogens with zero attached hydrogens (tertiary/aromatic N) is 3. The van der Waals surface area contributed by atoms with E-state index in [1.54, 1.807) is 48.8 Å². The smallest absolute Gasteiger partial charge is 0.274 e. The summed E-state index contributed by atoms with van der Waals surface area (Å²) < 4.78 is 0. The molecule has 3 rings (SSSR count). The maximum atomic E-state index is 12.1. The van der Waals surface area contributed by atoms with Crippen LogP contribution in [0.2, 0.25) is 10.2 Å². The monoisotopic (exact) mass is 344 g/mol. The van der Waals surface area contributed by atoms with E-state index in [4.69, 9.17) is 23.2 Å². The van der Waals surface area contributed by atoms with Crippen molar-refractivity contribution in [3.05, 3.63) is 70.9 Å². The molecule has 3 aromatic heterocycles. The van der Waals surface area contributed by atoms with E-state index in [9.17, 15) is 4.79 Å². The van der Waals surface area contributed by atoms with Gasteiger partial charge in [0.2, 0.25) is 0 Å². The summed E-state index contributed by atoms with van der Waals surface area (Å²) >= 11 is 11.8. The molecule has 0 unspecified atom stereocenters. The lowest BCUT2D eigenvalue weighted by Crippen LogP contribution is -2.13. The highest BCUT2D eigenvalue weighted by Gasteiger charge is 2.10. The van der Waals surface area contributed by atoms with Gasteiger partial charge in [0, 0.05) is 18.0 Å². The van der Waals surface area contributed by atoms with Gasteiger partial charge in [-0.2, -0.15) is 0 Å². The fourth-order valence-electron chi connectivity index (χ4n) is 1.91. The molecule has 7 heteroatoms. The number of pyridine rings is 3. The zero-order valence-electron chi connectivity index (χ0n) is 11.7. The topological polar surface area (TPSA) is 67.8 Å². The Kier molecular flexibility index (Phi) is 4.50. The van der Waals surface area contributed by atoms with Crippen molar-refractivity contribution in [2.75, 3.05) is 5.32 Å². The second-order valence-electron chi connectivity index (χ2n) is 4.59. The molecule has 5 nitrogen and oxygen atoms in total. The summed E-state index contributed by atoms with van der Waals surface area (Å²) in [6.07, 6.45) is 4.68. The van der Waals surface area contributed by atoms with E-state index in [0.717, 1.165) is 5.56 Å². The molecule has 114 valence electrons. The van der Waals surface area contributed by atoms with Crippen LogP contribution in [0.3, 0.4) is 0 Å². The van der Waals surface area contributed by atoms with Gasteiger partial charge in [-0.05, 0) is 36.4 Å². The van der Waals surface area contributed by atoms with Crippen LogP contribution in [-0.4, -0.2) is 20.9 Å². The Bertz CT molecular complexity index is 835. The van der Waals surface area contributed by atoms with Crippen LogP contribution < -0.4 is 5.32 Å². The van der Waals surface area contributed by atoms with Crippen LogP contribution in [0.1, 0.15) is 10.5 Å². The van der Waals surface area contributed by atoms with Crippen molar-refractivity contribution >= 4 is 34.8 Å². The van der Waals surface area contributed by atoms with Crippen LogP contribution in [-0.2, 0) is 0 Å². The number of amides is 1. The van der Waals surface area contributed by atoms with E-state index < -0.39 is 0 Å². The molecule has 0 saturated heterocycles. The first-order valence-corrected chi connectivity index (χ1v) is 7.39. The van der Waals surface area contributed by atoms with Gasteiger partial charge in [-0.3, -0.25) is 14.8 Å².